The first kappa shape index (κ1) is 14.5. The summed E-state index contributed by atoms with van der Waals surface area (Å²) in [6, 6.07) is 17.5. The van der Waals surface area contributed by atoms with Gasteiger partial charge in [0.25, 0.3) is 0 Å². The van der Waals surface area contributed by atoms with E-state index in [0.29, 0.717) is 11.6 Å². The SMILES string of the molecule is NCc1ccc(Cl)cc1N(c1ccccc1)c1ccncn1. The number of rotatable bonds is 4. The van der Waals surface area contributed by atoms with Crippen molar-refractivity contribution >= 4 is 28.8 Å². The molecule has 0 spiro atoms. The van der Waals surface area contributed by atoms with Gasteiger partial charge in [-0.3, -0.25) is 4.90 Å². The minimum Gasteiger partial charge on any atom is -0.326 e. The largest absolute Gasteiger partial charge is 0.326 e. The predicted molar refractivity (Wildman–Crippen MR) is 89.6 cm³/mol. The van der Waals surface area contributed by atoms with Gasteiger partial charge in [-0.05, 0) is 35.9 Å². The molecule has 4 nitrogen and oxygen atoms in total. The second kappa shape index (κ2) is 6.56. The molecule has 0 aliphatic carbocycles. The summed E-state index contributed by atoms with van der Waals surface area (Å²) >= 11 is 6.19. The number of para-hydroxylation sites is 1. The van der Waals surface area contributed by atoms with E-state index in [0.717, 1.165) is 22.8 Å². The van der Waals surface area contributed by atoms with Gasteiger partial charge < -0.3 is 5.73 Å². The Morgan fingerprint density at radius 1 is 1.05 bits per heavy atom. The second-order valence-corrected chi connectivity index (χ2v) is 5.15. The van der Waals surface area contributed by atoms with Crippen LogP contribution in [0.5, 0.6) is 0 Å². The molecule has 0 unspecified atom stereocenters. The molecule has 2 N–H and O–H groups in total. The summed E-state index contributed by atoms with van der Waals surface area (Å²) in [6.07, 6.45) is 3.24. The lowest BCUT2D eigenvalue weighted by Crippen LogP contribution is -2.14. The number of nitrogens with two attached hydrogens (primary N) is 1. The van der Waals surface area contributed by atoms with Gasteiger partial charge in [0, 0.05) is 23.5 Å². The van der Waals surface area contributed by atoms with Crippen molar-refractivity contribution in [2.45, 2.75) is 6.54 Å². The summed E-state index contributed by atoms with van der Waals surface area (Å²) < 4.78 is 0. The van der Waals surface area contributed by atoms with Crippen molar-refractivity contribution in [1.29, 1.82) is 0 Å². The highest BCUT2D eigenvalue weighted by atomic mass is 35.5. The number of nitrogens with zero attached hydrogens (tertiary/aromatic N) is 3. The Kier molecular flexibility index (Phi) is 4.32. The average Bonchev–Trinajstić information content (AvgIpc) is 2.57. The van der Waals surface area contributed by atoms with E-state index in [2.05, 4.69) is 9.97 Å². The Balaban J connectivity index is 2.21. The Hall–Kier alpha value is -2.43. The first-order valence-corrected chi connectivity index (χ1v) is 7.27. The summed E-state index contributed by atoms with van der Waals surface area (Å²) in [7, 11) is 0. The van der Waals surface area contributed by atoms with Crippen LogP contribution in [0.2, 0.25) is 5.02 Å². The van der Waals surface area contributed by atoms with E-state index < -0.39 is 0 Å². The van der Waals surface area contributed by atoms with E-state index in [9.17, 15) is 0 Å². The van der Waals surface area contributed by atoms with Crippen LogP contribution >= 0.6 is 11.6 Å². The number of anilines is 3. The number of hydrogen-bond donors (Lipinski definition) is 1. The lowest BCUT2D eigenvalue weighted by molar-refractivity contribution is 1.04. The second-order valence-electron chi connectivity index (χ2n) is 4.72. The van der Waals surface area contributed by atoms with Gasteiger partial charge in [-0.15, -0.1) is 0 Å². The third kappa shape index (κ3) is 2.93. The third-order valence-corrected chi connectivity index (χ3v) is 3.55. The molecular formula is C17H15ClN4. The maximum atomic E-state index is 6.19. The maximum absolute atomic E-state index is 6.19. The van der Waals surface area contributed by atoms with Crippen molar-refractivity contribution in [1.82, 2.24) is 9.97 Å². The summed E-state index contributed by atoms with van der Waals surface area (Å²) in [5.41, 5.74) is 8.79. The molecule has 0 aliphatic rings. The van der Waals surface area contributed by atoms with E-state index in [-0.39, 0.29) is 0 Å². The van der Waals surface area contributed by atoms with Crippen LogP contribution < -0.4 is 10.6 Å². The van der Waals surface area contributed by atoms with Crippen LogP contribution in [0.15, 0.2) is 67.1 Å². The fourth-order valence-corrected chi connectivity index (χ4v) is 2.47. The minimum absolute atomic E-state index is 0.418. The molecule has 3 rings (SSSR count). The molecule has 0 aliphatic heterocycles. The van der Waals surface area contributed by atoms with Gasteiger partial charge in [-0.2, -0.15) is 0 Å². The summed E-state index contributed by atoms with van der Waals surface area (Å²) in [6.45, 7) is 0.418. The van der Waals surface area contributed by atoms with Gasteiger partial charge in [0.15, 0.2) is 0 Å². The lowest BCUT2D eigenvalue weighted by atomic mass is 10.1. The molecule has 1 heterocycles. The monoisotopic (exact) mass is 310 g/mol. The Morgan fingerprint density at radius 3 is 2.55 bits per heavy atom. The quantitative estimate of drug-likeness (QED) is 0.789. The van der Waals surface area contributed by atoms with Gasteiger partial charge in [0.1, 0.15) is 12.1 Å². The van der Waals surface area contributed by atoms with Crippen molar-refractivity contribution in [2.24, 2.45) is 5.73 Å². The van der Waals surface area contributed by atoms with Crippen LogP contribution in [0, 0.1) is 0 Å². The molecule has 5 heteroatoms. The van der Waals surface area contributed by atoms with Crippen LogP contribution in [0.3, 0.4) is 0 Å². The van der Waals surface area contributed by atoms with Crippen LogP contribution in [0.1, 0.15) is 5.56 Å². The van der Waals surface area contributed by atoms with Crippen LogP contribution in [0.25, 0.3) is 0 Å². The first-order chi connectivity index (χ1) is 10.8. The van der Waals surface area contributed by atoms with E-state index in [1.807, 2.05) is 59.5 Å². The van der Waals surface area contributed by atoms with Crippen LogP contribution in [-0.4, -0.2) is 9.97 Å². The van der Waals surface area contributed by atoms with Crippen molar-refractivity contribution in [3.8, 4) is 0 Å². The van der Waals surface area contributed by atoms with E-state index in [1.165, 1.54) is 6.33 Å². The van der Waals surface area contributed by atoms with Gasteiger partial charge in [-0.1, -0.05) is 35.9 Å². The van der Waals surface area contributed by atoms with Crippen LogP contribution in [0.4, 0.5) is 17.2 Å². The maximum Gasteiger partial charge on any atom is 0.140 e. The minimum atomic E-state index is 0.418. The zero-order valence-corrected chi connectivity index (χ0v) is 12.6. The number of aromatic nitrogens is 2. The molecule has 2 aromatic carbocycles. The van der Waals surface area contributed by atoms with Crippen molar-refractivity contribution in [3.05, 3.63) is 77.7 Å². The highest BCUT2D eigenvalue weighted by molar-refractivity contribution is 6.31. The Bertz CT molecular complexity index is 708. The molecule has 0 bridgehead atoms. The molecular weight excluding hydrogens is 296 g/mol. The van der Waals surface area contributed by atoms with Gasteiger partial charge in [0.05, 0.1) is 5.69 Å². The van der Waals surface area contributed by atoms with Crippen molar-refractivity contribution in [2.75, 3.05) is 4.90 Å². The zero-order chi connectivity index (χ0) is 15.4. The van der Waals surface area contributed by atoms with E-state index in [1.54, 1.807) is 6.20 Å². The predicted octanol–water partition coefficient (Wildman–Crippen LogP) is 4.06. The fourth-order valence-electron chi connectivity index (χ4n) is 2.31. The smallest absolute Gasteiger partial charge is 0.140 e. The number of halogens is 1. The highest BCUT2D eigenvalue weighted by Crippen LogP contribution is 2.36. The molecule has 0 saturated carbocycles. The van der Waals surface area contributed by atoms with E-state index >= 15 is 0 Å². The summed E-state index contributed by atoms with van der Waals surface area (Å²) in [4.78, 5) is 10.4. The molecule has 3 aromatic rings. The first-order valence-electron chi connectivity index (χ1n) is 6.89. The Morgan fingerprint density at radius 2 is 1.86 bits per heavy atom. The lowest BCUT2D eigenvalue weighted by Gasteiger charge is -2.26. The van der Waals surface area contributed by atoms with E-state index in [4.69, 9.17) is 17.3 Å². The zero-order valence-electron chi connectivity index (χ0n) is 11.9. The highest BCUT2D eigenvalue weighted by Gasteiger charge is 2.16. The molecule has 0 atom stereocenters. The average molecular weight is 311 g/mol. The molecule has 1 aromatic heterocycles. The normalized spacial score (nSPS) is 10.5. The molecule has 22 heavy (non-hydrogen) atoms. The van der Waals surface area contributed by atoms with Crippen molar-refractivity contribution in [3.63, 3.8) is 0 Å². The number of benzene rings is 2. The van der Waals surface area contributed by atoms with Gasteiger partial charge in [0.2, 0.25) is 0 Å². The third-order valence-electron chi connectivity index (χ3n) is 3.32. The van der Waals surface area contributed by atoms with Gasteiger partial charge >= 0.3 is 0 Å². The topological polar surface area (TPSA) is 55.0 Å². The van der Waals surface area contributed by atoms with Gasteiger partial charge in [-0.25, -0.2) is 9.97 Å². The molecule has 110 valence electrons. The molecule has 0 fully saturated rings. The molecule has 0 amide bonds. The number of hydrogen-bond acceptors (Lipinski definition) is 4. The summed E-state index contributed by atoms with van der Waals surface area (Å²) in [5.74, 6) is 0.762. The fraction of sp³-hybridized carbons (Fsp3) is 0.0588. The van der Waals surface area contributed by atoms with Crippen molar-refractivity contribution < 1.29 is 0 Å². The standard InChI is InChI=1S/C17H15ClN4/c18-14-7-6-13(11-19)16(10-14)22(15-4-2-1-3-5-15)17-8-9-20-12-21-17/h1-10,12H,11,19H2. The summed E-state index contributed by atoms with van der Waals surface area (Å²) in [5, 5.41) is 0.655. The Labute approximate surface area is 134 Å². The molecule has 0 saturated heterocycles. The molecule has 0 radical (unpaired) electrons. The van der Waals surface area contributed by atoms with Crippen LogP contribution in [-0.2, 0) is 6.54 Å².